The lowest BCUT2D eigenvalue weighted by atomic mass is 10.1. The van der Waals surface area contributed by atoms with Gasteiger partial charge in [0.05, 0.1) is 0 Å². The molecule has 0 bridgehead atoms. The third-order valence-electron chi connectivity index (χ3n) is 6.01. The number of piperazine rings is 1. The van der Waals surface area contributed by atoms with E-state index in [1.807, 2.05) is 17.0 Å². The standard InChI is InChI=1S/C24H23FN6O2/c25-20-6-3-18-15-31(16-19(18)14-20)24(33)27-21-7-4-17(5-8-21)23(32)30-12-10-29(11-13-30)22-2-1-9-26-28-22/h1-9,14H,10-13,15-16H2,(H,27,33). The van der Waals surface area contributed by atoms with Crippen molar-refractivity contribution >= 4 is 23.4 Å². The van der Waals surface area contributed by atoms with Crippen LogP contribution in [-0.2, 0) is 13.1 Å². The highest BCUT2D eigenvalue weighted by atomic mass is 19.1. The Kier molecular flexibility index (Phi) is 5.60. The Hall–Kier alpha value is -4.01. The molecule has 1 N–H and O–H groups in total. The Bertz CT molecular complexity index is 1160. The highest BCUT2D eigenvalue weighted by Gasteiger charge is 2.25. The molecule has 2 aliphatic heterocycles. The molecule has 9 heteroatoms. The smallest absolute Gasteiger partial charge is 0.322 e. The number of carbonyl (C=O) groups excluding carboxylic acids is 2. The number of nitrogens with one attached hydrogen (secondary N) is 1. The van der Waals surface area contributed by atoms with Crippen LogP contribution in [0.25, 0.3) is 0 Å². The van der Waals surface area contributed by atoms with Gasteiger partial charge in [-0.25, -0.2) is 9.18 Å². The summed E-state index contributed by atoms with van der Waals surface area (Å²) in [6.45, 7) is 3.41. The van der Waals surface area contributed by atoms with E-state index < -0.39 is 0 Å². The molecular weight excluding hydrogens is 423 g/mol. The summed E-state index contributed by atoms with van der Waals surface area (Å²) in [6, 6.07) is 15.0. The fraction of sp³-hybridized carbons (Fsp3) is 0.250. The Morgan fingerprint density at radius 1 is 0.879 bits per heavy atom. The summed E-state index contributed by atoms with van der Waals surface area (Å²) >= 11 is 0. The molecule has 1 fully saturated rings. The van der Waals surface area contributed by atoms with Crippen molar-refractivity contribution in [3.05, 3.63) is 83.3 Å². The number of anilines is 2. The van der Waals surface area contributed by atoms with Crippen LogP contribution in [0.5, 0.6) is 0 Å². The Morgan fingerprint density at radius 3 is 2.36 bits per heavy atom. The predicted molar refractivity (Wildman–Crippen MR) is 121 cm³/mol. The summed E-state index contributed by atoms with van der Waals surface area (Å²) in [5.41, 5.74) is 2.95. The maximum absolute atomic E-state index is 13.4. The second-order valence-corrected chi connectivity index (χ2v) is 8.14. The van der Waals surface area contributed by atoms with Gasteiger partial charge in [-0.1, -0.05) is 6.07 Å². The van der Waals surface area contributed by atoms with E-state index in [0.29, 0.717) is 50.5 Å². The minimum Gasteiger partial charge on any atom is -0.352 e. The number of aromatic nitrogens is 2. The number of halogens is 1. The molecule has 3 heterocycles. The Labute approximate surface area is 190 Å². The largest absolute Gasteiger partial charge is 0.352 e. The number of carbonyl (C=O) groups is 2. The molecule has 0 aliphatic carbocycles. The van der Waals surface area contributed by atoms with Crippen LogP contribution in [0.15, 0.2) is 60.8 Å². The molecule has 1 aromatic heterocycles. The van der Waals surface area contributed by atoms with E-state index in [0.717, 1.165) is 16.9 Å². The molecule has 0 unspecified atom stereocenters. The summed E-state index contributed by atoms with van der Waals surface area (Å²) in [5.74, 6) is 0.478. The lowest BCUT2D eigenvalue weighted by Crippen LogP contribution is -2.49. The molecule has 0 saturated carbocycles. The van der Waals surface area contributed by atoms with Crippen molar-refractivity contribution < 1.29 is 14.0 Å². The van der Waals surface area contributed by atoms with Crippen LogP contribution in [0.2, 0.25) is 0 Å². The summed E-state index contributed by atoms with van der Waals surface area (Å²) in [5, 5.41) is 10.9. The fourth-order valence-electron chi connectivity index (χ4n) is 4.19. The molecule has 33 heavy (non-hydrogen) atoms. The van der Waals surface area contributed by atoms with Crippen LogP contribution in [0.4, 0.5) is 20.7 Å². The number of amides is 3. The molecule has 168 valence electrons. The van der Waals surface area contributed by atoms with Gasteiger partial charge in [-0.2, -0.15) is 5.10 Å². The number of benzene rings is 2. The SMILES string of the molecule is O=C(Nc1ccc(C(=O)N2CCN(c3cccnn3)CC2)cc1)N1Cc2ccc(F)cc2C1. The monoisotopic (exact) mass is 446 g/mol. The van der Waals surface area contributed by atoms with Gasteiger partial charge in [0.15, 0.2) is 5.82 Å². The zero-order valence-corrected chi connectivity index (χ0v) is 17.9. The summed E-state index contributed by atoms with van der Waals surface area (Å²) in [7, 11) is 0. The van der Waals surface area contributed by atoms with Gasteiger partial charge in [0.1, 0.15) is 5.82 Å². The van der Waals surface area contributed by atoms with E-state index in [9.17, 15) is 14.0 Å². The first-order chi connectivity index (χ1) is 16.1. The van der Waals surface area contributed by atoms with Crippen molar-refractivity contribution in [1.29, 1.82) is 0 Å². The van der Waals surface area contributed by atoms with Gasteiger partial charge in [-0.05, 0) is 59.7 Å². The first-order valence-corrected chi connectivity index (χ1v) is 10.8. The quantitative estimate of drug-likeness (QED) is 0.669. The molecule has 5 rings (SSSR count). The van der Waals surface area contributed by atoms with Crippen molar-refractivity contribution in [2.24, 2.45) is 0 Å². The second-order valence-electron chi connectivity index (χ2n) is 8.14. The summed E-state index contributed by atoms with van der Waals surface area (Å²) in [4.78, 5) is 31.1. The van der Waals surface area contributed by atoms with E-state index >= 15 is 0 Å². The molecule has 3 amide bonds. The number of hydrogen-bond acceptors (Lipinski definition) is 5. The van der Waals surface area contributed by atoms with E-state index in [2.05, 4.69) is 20.4 Å². The summed E-state index contributed by atoms with van der Waals surface area (Å²) in [6.07, 6.45) is 1.64. The fourth-order valence-corrected chi connectivity index (χ4v) is 4.19. The summed E-state index contributed by atoms with van der Waals surface area (Å²) < 4.78 is 13.4. The highest BCUT2D eigenvalue weighted by Crippen LogP contribution is 2.24. The number of nitrogens with zero attached hydrogens (tertiary/aromatic N) is 5. The van der Waals surface area contributed by atoms with Crippen molar-refractivity contribution in [2.45, 2.75) is 13.1 Å². The predicted octanol–water partition coefficient (Wildman–Crippen LogP) is 3.13. The van der Waals surface area contributed by atoms with Crippen molar-refractivity contribution in [2.75, 3.05) is 36.4 Å². The van der Waals surface area contributed by atoms with Crippen LogP contribution >= 0.6 is 0 Å². The average Bonchev–Trinajstić information content (AvgIpc) is 3.28. The number of hydrogen-bond donors (Lipinski definition) is 1. The Balaban J connectivity index is 1.15. The molecule has 1 saturated heterocycles. The van der Waals surface area contributed by atoms with Crippen molar-refractivity contribution in [1.82, 2.24) is 20.0 Å². The third-order valence-corrected chi connectivity index (χ3v) is 6.01. The molecule has 0 radical (unpaired) electrons. The van der Waals surface area contributed by atoms with Gasteiger partial charge in [0.2, 0.25) is 0 Å². The number of rotatable bonds is 3. The average molecular weight is 446 g/mol. The van der Waals surface area contributed by atoms with Gasteiger partial charge >= 0.3 is 6.03 Å². The topological polar surface area (TPSA) is 81.7 Å². The van der Waals surface area contributed by atoms with Crippen LogP contribution in [0.3, 0.4) is 0 Å². The van der Waals surface area contributed by atoms with Crippen LogP contribution in [0, 0.1) is 5.82 Å². The first kappa shape index (κ1) is 20.9. The van der Waals surface area contributed by atoms with Crippen LogP contribution in [0.1, 0.15) is 21.5 Å². The molecule has 2 aromatic carbocycles. The minimum atomic E-state index is -0.300. The molecule has 8 nitrogen and oxygen atoms in total. The minimum absolute atomic E-state index is 0.0382. The van der Waals surface area contributed by atoms with E-state index in [4.69, 9.17) is 0 Å². The Morgan fingerprint density at radius 2 is 1.64 bits per heavy atom. The maximum Gasteiger partial charge on any atom is 0.322 e. The van der Waals surface area contributed by atoms with E-state index in [1.165, 1.54) is 12.1 Å². The van der Waals surface area contributed by atoms with Crippen molar-refractivity contribution in [3.8, 4) is 0 Å². The molecule has 2 aliphatic rings. The van der Waals surface area contributed by atoms with Gasteiger partial charge in [0, 0.05) is 56.7 Å². The zero-order valence-electron chi connectivity index (χ0n) is 17.9. The van der Waals surface area contributed by atoms with E-state index in [1.54, 1.807) is 41.4 Å². The van der Waals surface area contributed by atoms with E-state index in [-0.39, 0.29) is 17.8 Å². The maximum atomic E-state index is 13.4. The van der Waals surface area contributed by atoms with Gasteiger partial charge < -0.3 is 20.0 Å². The number of fused-ring (bicyclic) bond motifs is 1. The number of urea groups is 1. The zero-order chi connectivity index (χ0) is 22.8. The lowest BCUT2D eigenvalue weighted by molar-refractivity contribution is 0.0746. The molecular formula is C24H23FN6O2. The van der Waals surface area contributed by atoms with Gasteiger partial charge in [-0.15, -0.1) is 5.10 Å². The second kappa shape index (κ2) is 8.85. The molecule has 0 atom stereocenters. The molecule has 0 spiro atoms. The first-order valence-electron chi connectivity index (χ1n) is 10.8. The van der Waals surface area contributed by atoms with Crippen LogP contribution < -0.4 is 10.2 Å². The van der Waals surface area contributed by atoms with Gasteiger partial charge in [-0.3, -0.25) is 4.79 Å². The molecule has 3 aromatic rings. The highest BCUT2D eigenvalue weighted by molar-refractivity contribution is 5.95. The van der Waals surface area contributed by atoms with Crippen LogP contribution in [-0.4, -0.2) is 58.1 Å². The van der Waals surface area contributed by atoms with Gasteiger partial charge in [0.25, 0.3) is 5.91 Å². The lowest BCUT2D eigenvalue weighted by Gasteiger charge is -2.35. The third kappa shape index (κ3) is 4.48. The normalized spacial score (nSPS) is 15.4. The van der Waals surface area contributed by atoms with Crippen molar-refractivity contribution in [3.63, 3.8) is 0 Å².